The Morgan fingerprint density at radius 3 is 2.70 bits per heavy atom. The molecule has 0 aliphatic heterocycles. The molecule has 0 aliphatic rings. The van der Waals surface area contributed by atoms with Crippen LogP contribution < -0.4 is 10.1 Å². The van der Waals surface area contributed by atoms with Gasteiger partial charge in [0.25, 0.3) is 6.43 Å². The van der Waals surface area contributed by atoms with Crippen LogP contribution >= 0.6 is 0 Å². The third kappa shape index (κ3) is 6.30. The van der Waals surface area contributed by atoms with Crippen LogP contribution in [0.4, 0.5) is 8.78 Å². The standard InChI is InChI=1S/C15H23F2NO2/c1-3-18-14(8-9-19-11-15(16)17)12-6-5-7-13(10-12)20-4-2/h5-7,10,14-15,18H,3-4,8-9,11H2,1-2H3. The third-order valence-corrected chi connectivity index (χ3v) is 2.82. The minimum absolute atomic E-state index is 0.0816. The number of hydrogen-bond donors (Lipinski definition) is 1. The first kappa shape index (κ1) is 16.9. The molecule has 0 fully saturated rings. The molecule has 5 heteroatoms. The van der Waals surface area contributed by atoms with Gasteiger partial charge in [-0.3, -0.25) is 0 Å². The third-order valence-electron chi connectivity index (χ3n) is 2.82. The lowest BCUT2D eigenvalue weighted by molar-refractivity contribution is 0.0144. The first-order valence-electron chi connectivity index (χ1n) is 6.99. The van der Waals surface area contributed by atoms with Crippen LogP contribution in [0.25, 0.3) is 0 Å². The lowest BCUT2D eigenvalue weighted by atomic mass is 10.0. The molecule has 1 unspecified atom stereocenters. The Labute approximate surface area is 119 Å². The Bertz CT molecular complexity index is 375. The molecular weight excluding hydrogens is 264 g/mol. The van der Waals surface area contributed by atoms with Gasteiger partial charge >= 0.3 is 0 Å². The van der Waals surface area contributed by atoms with Crippen molar-refractivity contribution in [3.63, 3.8) is 0 Å². The predicted molar refractivity (Wildman–Crippen MR) is 75.5 cm³/mol. The van der Waals surface area contributed by atoms with E-state index in [-0.39, 0.29) is 6.04 Å². The number of alkyl halides is 2. The van der Waals surface area contributed by atoms with Crippen LogP contribution in [0.15, 0.2) is 24.3 Å². The van der Waals surface area contributed by atoms with Crippen molar-refractivity contribution in [1.29, 1.82) is 0 Å². The molecule has 0 radical (unpaired) electrons. The van der Waals surface area contributed by atoms with Crippen LogP contribution in [-0.4, -0.2) is 32.8 Å². The van der Waals surface area contributed by atoms with Crippen LogP contribution in [0.3, 0.4) is 0 Å². The Morgan fingerprint density at radius 1 is 1.25 bits per heavy atom. The zero-order chi connectivity index (χ0) is 14.8. The molecule has 0 bridgehead atoms. The summed E-state index contributed by atoms with van der Waals surface area (Å²) >= 11 is 0. The molecule has 0 aromatic heterocycles. The number of ether oxygens (including phenoxy) is 2. The number of hydrogen-bond acceptors (Lipinski definition) is 3. The molecule has 1 atom stereocenters. The van der Waals surface area contributed by atoms with Crippen molar-refractivity contribution < 1.29 is 18.3 Å². The van der Waals surface area contributed by atoms with Gasteiger partial charge in [0, 0.05) is 12.6 Å². The summed E-state index contributed by atoms with van der Waals surface area (Å²) in [5.41, 5.74) is 1.08. The summed E-state index contributed by atoms with van der Waals surface area (Å²) in [5, 5.41) is 3.33. The molecule has 0 aliphatic carbocycles. The van der Waals surface area contributed by atoms with Crippen molar-refractivity contribution in [1.82, 2.24) is 5.32 Å². The highest BCUT2D eigenvalue weighted by Gasteiger charge is 2.11. The zero-order valence-electron chi connectivity index (χ0n) is 12.1. The van der Waals surface area contributed by atoms with Gasteiger partial charge in [0.2, 0.25) is 0 Å². The number of rotatable bonds is 10. The maximum atomic E-state index is 12.0. The maximum Gasteiger partial charge on any atom is 0.261 e. The van der Waals surface area contributed by atoms with E-state index in [0.717, 1.165) is 17.9 Å². The van der Waals surface area contributed by atoms with Gasteiger partial charge < -0.3 is 14.8 Å². The van der Waals surface area contributed by atoms with Gasteiger partial charge in [0.15, 0.2) is 0 Å². The molecule has 3 nitrogen and oxygen atoms in total. The molecule has 0 heterocycles. The van der Waals surface area contributed by atoms with Crippen LogP contribution in [0, 0.1) is 0 Å². The van der Waals surface area contributed by atoms with Gasteiger partial charge in [-0.1, -0.05) is 19.1 Å². The summed E-state index contributed by atoms with van der Waals surface area (Å²) in [7, 11) is 0. The second-order valence-electron chi connectivity index (χ2n) is 4.37. The van der Waals surface area contributed by atoms with Crippen molar-refractivity contribution in [2.45, 2.75) is 32.7 Å². The van der Waals surface area contributed by atoms with E-state index in [1.807, 2.05) is 38.1 Å². The summed E-state index contributed by atoms with van der Waals surface area (Å²) < 4.78 is 34.4. The Kier molecular flexibility index (Phi) is 8.14. The molecule has 0 saturated carbocycles. The first-order chi connectivity index (χ1) is 9.67. The summed E-state index contributed by atoms with van der Waals surface area (Å²) in [6, 6.07) is 7.90. The van der Waals surface area contributed by atoms with Crippen LogP contribution in [-0.2, 0) is 4.74 Å². The van der Waals surface area contributed by atoms with Crippen LogP contribution in [0.5, 0.6) is 5.75 Å². The summed E-state index contributed by atoms with van der Waals surface area (Å²) in [6.07, 6.45) is -1.76. The second kappa shape index (κ2) is 9.66. The van der Waals surface area contributed by atoms with Crippen molar-refractivity contribution in [2.24, 2.45) is 0 Å². The van der Waals surface area contributed by atoms with E-state index in [2.05, 4.69) is 5.32 Å². The zero-order valence-corrected chi connectivity index (χ0v) is 12.1. The molecule has 1 rings (SSSR count). The average Bonchev–Trinajstić information content (AvgIpc) is 2.43. The van der Waals surface area contributed by atoms with Gasteiger partial charge in [0.05, 0.1) is 6.61 Å². The van der Waals surface area contributed by atoms with E-state index in [9.17, 15) is 8.78 Å². The fourth-order valence-electron chi connectivity index (χ4n) is 1.99. The molecule has 0 spiro atoms. The van der Waals surface area contributed by atoms with Crippen LogP contribution in [0.1, 0.15) is 31.9 Å². The maximum absolute atomic E-state index is 12.0. The molecule has 0 saturated heterocycles. The monoisotopic (exact) mass is 287 g/mol. The van der Waals surface area contributed by atoms with E-state index >= 15 is 0 Å². The van der Waals surface area contributed by atoms with E-state index in [1.165, 1.54) is 0 Å². The molecule has 0 amide bonds. The van der Waals surface area contributed by atoms with E-state index in [4.69, 9.17) is 9.47 Å². The average molecular weight is 287 g/mol. The normalized spacial score (nSPS) is 12.7. The summed E-state index contributed by atoms with van der Waals surface area (Å²) in [6.45, 7) is 5.18. The quantitative estimate of drug-likeness (QED) is 0.669. The van der Waals surface area contributed by atoms with Crippen molar-refractivity contribution in [3.8, 4) is 5.75 Å². The highest BCUT2D eigenvalue weighted by atomic mass is 19.3. The lowest BCUT2D eigenvalue weighted by Crippen LogP contribution is -2.23. The SMILES string of the molecule is CCNC(CCOCC(F)F)c1cccc(OCC)c1. The Balaban J connectivity index is 2.57. The topological polar surface area (TPSA) is 30.5 Å². The van der Waals surface area contributed by atoms with Crippen molar-refractivity contribution in [2.75, 3.05) is 26.4 Å². The molecule has 20 heavy (non-hydrogen) atoms. The Morgan fingerprint density at radius 2 is 2.05 bits per heavy atom. The molecule has 1 aromatic carbocycles. The van der Waals surface area contributed by atoms with Gasteiger partial charge in [-0.05, 0) is 37.6 Å². The van der Waals surface area contributed by atoms with Gasteiger partial charge in [-0.15, -0.1) is 0 Å². The van der Waals surface area contributed by atoms with Crippen LogP contribution in [0.2, 0.25) is 0 Å². The Hall–Kier alpha value is -1.20. The van der Waals surface area contributed by atoms with Crippen molar-refractivity contribution in [3.05, 3.63) is 29.8 Å². The summed E-state index contributed by atoms with van der Waals surface area (Å²) in [4.78, 5) is 0. The largest absolute Gasteiger partial charge is 0.494 e. The molecule has 1 N–H and O–H groups in total. The molecule has 1 aromatic rings. The highest BCUT2D eigenvalue weighted by Crippen LogP contribution is 2.22. The minimum atomic E-state index is -2.41. The van der Waals surface area contributed by atoms with E-state index in [0.29, 0.717) is 19.6 Å². The summed E-state index contributed by atoms with van der Waals surface area (Å²) in [5.74, 6) is 0.821. The van der Waals surface area contributed by atoms with E-state index < -0.39 is 13.0 Å². The smallest absolute Gasteiger partial charge is 0.261 e. The number of nitrogens with one attached hydrogen (secondary N) is 1. The lowest BCUT2D eigenvalue weighted by Gasteiger charge is -2.19. The fraction of sp³-hybridized carbons (Fsp3) is 0.600. The highest BCUT2D eigenvalue weighted by molar-refractivity contribution is 5.30. The number of halogens is 2. The first-order valence-corrected chi connectivity index (χ1v) is 6.99. The van der Waals surface area contributed by atoms with Gasteiger partial charge in [-0.2, -0.15) is 0 Å². The predicted octanol–water partition coefficient (Wildman–Crippen LogP) is 3.41. The molecule has 114 valence electrons. The second-order valence-corrected chi connectivity index (χ2v) is 4.37. The minimum Gasteiger partial charge on any atom is -0.494 e. The number of benzene rings is 1. The van der Waals surface area contributed by atoms with Crippen molar-refractivity contribution >= 4 is 0 Å². The van der Waals surface area contributed by atoms with E-state index in [1.54, 1.807) is 0 Å². The van der Waals surface area contributed by atoms with Gasteiger partial charge in [0.1, 0.15) is 12.4 Å². The van der Waals surface area contributed by atoms with Gasteiger partial charge in [-0.25, -0.2) is 8.78 Å². The fourth-order valence-corrected chi connectivity index (χ4v) is 1.99. The molecular formula is C15H23F2NO2.